The van der Waals surface area contributed by atoms with Crippen LogP contribution in [0.4, 0.5) is 0 Å². The molecule has 124 valence electrons. The molecule has 1 saturated heterocycles. The van der Waals surface area contributed by atoms with Crippen molar-refractivity contribution in [1.82, 2.24) is 10.2 Å². The zero-order chi connectivity index (χ0) is 16.2. The Labute approximate surface area is 135 Å². The van der Waals surface area contributed by atoms with Gasteiger partial charge >= 0.3 is 0 Å². The molecular weight excluding hydrogens is 296 g/mol. The van der Waals surface area contributed by atoms with Crippen LogP contribution in [-0.4, -0.2) is 49.1 Å². The van der Waals surface area contributed by atoms with Crippen molar-refractivity contribution in [2.75, 3.05) is 26.3 Å². The molecule has 0 spiro atoms. The molecule has 23 heavy (non-hydrogen) atoms. The Morgan fingerprint density at radius 3 is 2.83 bits per heavy atom. The molecule has 6 heteroatoms. The first-order valence-electron chi connectivity index (χ1n) is 8.15. The molecule has 0 unspecified atom stereocenters. The molecule has 0 radical (unpaired) electrons. The van der Waals surface area contributed by atoms with Gasteiger partial charge in [0.1, 0.15) is 13.2 Å². The molecule has 0 saturated carbocycles. The van der Waals surface area contributed by atoms with Crippen LogP contribution >= 0.6 is 0 Å². The molecule has 2 amide bonds. The van der Waals surface area contributed by atoms with Crippen molar-refractivity contribution in [3.63, 3.8) is 0 Å². The summed E-state index contributed by atoms with van der Waals surface area (Å²) < 4.78 is 11.0. The summed E-state index contributed by atoms with van der Waals surface area (Å²) in [5.74, 6) is 1.30. The normalized spacial score (nSPS) is 20.0. The summed E-state index contributed by atoms with van der Waals surface area (Å²) in [5.41, 5.74) is 0.594. The summed E-state index contributed by atoms with van der Waals surface area (Å²) in [6.07, 6.45) is 2.27. The number of likely N-dealkylation sites (tertiary alicyclic amines) is 1. The fourth-order valence-corrected chi connectivity index (χ4v) is 2.97. The summed E-state index contributed by atoms with van der Waals surface area (Å²) in [4.78, 5) is 26.0. The van der Waals surface area contributed by atoms with Crippen molar-refractivity contribution in [2.45, 2.75) is 32.2 Å². The zero-order valence-electron chi connectivity index (χ0n) is 13.3. The van der Waals surface area contributed by atoms with E-state index in [1.54, 1.807) is 23.1 Å². The van der Waals surface area contributed by atoms with Gasteiger partial charge < -0.3 is 19.7 Å². The summed E-state index contributed by atoms with van der Waals surface area (Å²) in [7, 11) is 0. The number of hydrogen-bond acceptors (Lipinski definition) is 4. The number of fused-ring (bicyclic) bond motifs is 1. The molecule has 1 atom stereocenters. The third-order valence-corrected chi connectivity index (χ3v) is 4.18. The highest BCUT2D eigenvalue weighted by Gasteiger charge is 2.26. The maximum absolute atomic E-state index is 12.7. The summed E-state index contributed by atoms with van der Waals surface area (Å²) >= 11 is 0. The Bertz CT molecular complexity index is 602. The molecular formula is C17H22N2O4. The first kappa shape index (κ1) is 15.6. The van der Waals surface area contributed by atoms with Crippen molar-refractivity contribution in [1.29, 1.82) is 0 Å². The highest BCUT2D eigenvalue weighted by atomic mass is 16.6. The number of amides is 2. The molecule has 6 nitrogen and oxygen atoms in total. The second-order valence-corrected chi connectivity index (χ2v) is 5.87. The third-order valence-electron chi connectivity index (χ3n) is 4.18. The Morgan fingerprint density at radius 1 is 1.26 bits per heavy atom. The van der Waals surface area contributed by atoms with E-state index in [0.29, 0.717) is 49.8 Å². The average Bonchev–Trinajstić information content (AvgIpc) is 2.60. The van der Waals surface area contributed by atoms with Gasteiger partial charge in [0, 0.05) is 31.1 Å². The standard InChI is InChI=1S/C17H22N2O4/c1-2-16(20)18-13-4-3-7-19(11-13)17(21)12-5-6-14-15(10-12)23-9-8-22-14/h5-6,10,13H,2-4,7-9,11H2,1H3,(H,18,20)/t13-/m1/s1. The van der Waals surface area contributed by atoms with E-state index in [2.05, 4.69) is 5.32 Å². The van der Waals surface area contributed by atoms with E-state index in [4.69, 9.17) is 9.47 Å². The van der Waals surface area contributed by atoms with Crippen molar-refractivity contribution in [3.8, 4) is 11.5 Å². The first-order valence-corrected chi connectivity index (χ1v) is 8.15. The number of rotatable bonds is 3. The van der Waals surface area contributed by atoms with E-state index in [0.717, 1.165) is 12.8 Å². The van der Waals surface area contributed by atoms with E-state index in [1.807, 2.05) is 6.92 Å². The van der Waals surface area contributed by atoms with Crippen LogP contribution in [0.5, 0.6) is 11.5 Å². The number of ether oxygens (including phenoxy) is 2. The Hall–Kier alpha value is -2.24. The van der Waals surface area contributed by atoms with E-state index in [9.17, 15) is 9.59 Å². The van der Waals surface area contributed by atoms with Crippen LogP contribution in [0.3, 0.4) is 0 Å². The van der Waals surface area contributed by atoms with Gasteiger partial charge in [-0.1, -0.05) is 6.92 Å². The largest absolute Gasteiger partial charge is 0.486 e. The average molecular weight is 318 g/mol. The number of benzene rings is 1. The maximum atomic E-state index is 12.7. The predicted octanol–water partition coefficient (Wildman–Crippen LogP) is 1.59. The van der Waals surface area contributed by atoms with Crippen LogP contribution < -0.4 is 14.8 Å². The van der Waals surface area contributed by atoms with E-state index < -0.39 is 0 Å². The van der Waals surface area contributed by atoms with Crippen LogP contribution in [0, 0.1) is 0 Å². The molecule has 0 aliphatic carbocycles. The fourth-order valence-electron chi connectivity index (χ4n) is 2.97. The van der Waals surface area contributed by atoms with E-state index in [-0.39, 0.29) is 17.9 Å². The zero-order valence-corrected chi connectivity index (χ0v) is 13.3. The lowest BCUT2D eigenvalue weighted by Crippen LogP contribution is -2.49. The van der Waals surface area contributed by atoms with Crippen LogP contribution in [0.2, 0.25) is 0 Å². The van der Waals surface area contributed by atoms with Crippen molar-refractivity contribution >= 4 is 11.8 Å². The van der Waals surface area contributed by atoms with E-state index >= 15 is 0 Å². The van der Waals surface area contributed by atoms with Crippen molar-refractivity contribution in [2.24, 2.45) is 0 Å². The Balaban J connectivity index is 1.68. The quantitative estimate of drug-likeness (QED) is 0.919. The lowest BCUT2D eigenvalue weighted by atomic mass is 10.0. The number of hydrogen-bond donors (Lipinski definition) is 1. The molecule has 1 aromatic carbocycles. The summed E-state index contributed by atoms with van der Waals surface area (Å²) in [6.45, 7) is 4.13. The molecule has 0 bridgehead atoms. The lowest BCUT2D eigenvalue weighted by molar-refractivity contribution is -0.121. The Kier molecular flexibility index (Phi) is 4.69. The van der Waals surface area contributed by atoms with Gasteiger partial charge in [0.2, 0.25) is 5.91 Å². The predicted molar refractivity (Wildman–Crippen MR) is 84.8 cm³/mol. The van der Waals surface area contributed by atoms with Crippen LogP contribution in [0.25, 0.3) is 0 Å². The number of piperidine rings is 1. The third kappa shape index (κ3) is 3.57. The SMILES string of the molecule is CCC(=O)N[C@@H]1CCCN(C(=O)c2ccc3c(c2)OCCO3)C1. The van der Waals surface area contributed by atoms with Crippen molar-refractivity contribution in [3.05, 3.63) is 23.8 Å². The van der Waals surface area contributed by atoms with E-state index in [1.165, 1.54) is 0 Å². The van der Waals surface area contributed by atoms with Gasteiger partial charge in [-0.3, -0.25) is 9.59 Å². The molecule has 1 fully saturated rings. The fraction of sp³-hybridized carbons (Fsp3) is 0.529. The monoisotopic (exact) mass is 318 g/mol. The van der Waals surface area contributed by atoms with Gasteiger partial charge in [-0.25, -0.2) is 0 Å². The van der Waals surface area contributed by atoms with Crippen LogP contribution in [-0.2, 0) is 4.79 Å². The van der Waals surface area contributed by atoms with Crippen LogP contribution in [0.15, 0.2) is 18.2 Å². The number of carbonyl (C=O) groups is 2. The lowest BCUT2D eigenvalue weighted by Gasteiger charge is -2.33. The summed E-state index contributed by atoms with van der Waals surface area (Å²) in [6, 6.07) is 5.33. The van der Waals surface area contributed by atoms with Gasteiger partial charge in [0.05, 0.1) is 0 Å². The van der Waals surface area contributed by atoms with Gasteiger partial charge in [-0.05, 0) is 31.0 Å². The number of carbonyl (C=O) groups excluding carboxylic acids is 2. The molecule has 0 aromatic heterocycles. The smallest absolute Gasteiger partial charge is 0.254 e. The minimum Gasteiger partial charge on any atom is -0.486 e. The molecule has 2 heterocycles. The molecule has 1 aromatic rings. The van der Waals surface area contributed by atoms with Gasteiger partial charge in [-0.2, -0.15) is 0 Å². The first-order chi connectivity index (χ1) is 11.2. The maximum Gasteiger partial charge on any atom is 0.254 e. The number of nitrogens with one attached hydrogen (secondary N) is 1. The topological polar surface area (TPSA) is 67.9 Å². The molecule has 1 N–H and O–H groups in total. The molecule has 2 aliphatic rings. The van der Waals surface area contributed by atoms with Crippen LogP contribution in [0.1, 0.15) is 36.5 Å². The van der Waals surface area contributed by atoms with Gasteiger partial charge in [0.15, 0.2) is 11.5 Å². The Morgan fingerprint density at radius 2 is 2.04 bits per heavy atom. The van der Waals surface area contributed by atoms with Gasteiger partial charge in [0.25, 0.3) is 5.91 Å². The molecule has 2 aliphatic heterocycles. The number of nitrogens with zero attached hydrogens (tertiary/aromatic N) is 1. The highest BCUT2D eigenvalue weighted by Crippen LogP contribution is 2.31. The van der Waals surface area contributed by atoms with Gasteiger partial charge in [-0.15, -0.1) is 0 Å². The minimum atomic E-state index is -0.0302. The second kappa shape index (κ2) is 6.89. The molecule has 3 rings (SSSR count). The summed E-state index contributed by atoms with van der Waals surface area (Å²) in [5, 5.41) is 2.98. The minimum absolute atomic E-state index is 0.0302. The van der Waals surface area contributed by atoms with Crippen molar-refractivity contribution < 1.29 is 19.1 Å². The second-order valence-electron chi connectivity index (χ2n) is 5.87. The highest BCUT2D eigenvalue weighted by molar-refractivity contribution is 5.95.